The van der Waals surface area contributed by atoms with Crippen LogP contribution in [0.15, 0.2) is 0 Å². The topological polar surface area (TPSA) is 29.5 Å². The van der Waals surface area contributed by atoms with Gasteiger partial charge in [-0.3, -0.25) is 4.79 Å². The fourth-order valence-corrected chi connectivity index (χ4v) is 2.22. The molecule has 3 nitrogen and oxygen atoms in total. The van der Waals surface area contributed by atoms with Crippen LogP contribution in [0.3, 0.4) is 0 Å². The second kappa shape index (κ2) is 3.29. The number of piperidine rings is 1. The monoisotopic (exact) mass is 183 g/mol. The molecule has 0 aromatic rings. The molecule has 0 unspecified atom stereocenters. The molecule has 0 spiro atoms. The summed E-state index contributed by atoms with van der Waals surface area (Å²) in [6, 6.07) is 0.317. The van der Waals surface area contributed by atoms with Gasteiger partial charge in [0.25, 0.3) is 0 Å². The van der Waals surface area contributed by atoms with Crippen LogP contribution < -0.4 is 0 Å². The van der Waals surface area contributed by atoms with Crippen LogP contribution in [-0.4, -0.2) is 29.7 Å². The van der Waals surface area contributed by atoms with Crippen molar-refractivity contribution in [1.82, 2.24) is 4.90 Å². The number of hydrogen-bond acceptors (Lipinski definition) is 2. The lowest BCUT2D eigenvalue weighted by atomic mass is 10.0. The van der Waals surface area contributed by atoms with Crippen molar-refractivity contribution < 1.29 is 9.53 Å². The molecule has 2 aliphatic heterocycles. The normalized spacial score (nSPS) is 34.1. The smallest absolute Gasteiger partial charge is 0.224 e. The molecule has 0 aromatic carbocycles. The third kappa shape index (κ3) is 1.46. The fraction of sp³-hybridized carbons (Fsp3) is 0.900. The maximum absolute atomic E-state index is 11.6. The molecule has 2 atom stereocenters. The van der Waals surface area contributed by atoms with Gasteiger partial charge in [0.2, 0.25) is 5.91 Å². The highest BCUT2D eigenvalue weighted by molar-refractivity contribution is 5.77. The summed E-state index contributed by atoms with van der Waals surface area (Å²) in [5.74, 6) is 0.791. The molecule has 0 saturated carbocycles. The molecule has 13 heavy (non-hydrogen) atoms. The van der Waals surface area contributed by atoms with Crippen molar-refractivity contribution in [3.63, 3.8) is 0 Å². The van der Waals surface area contributed by atoms with Crippen LogP contribution in [0.5, 0.6) is 0 Å². The molecule has 2 rings (SSSR count). The lowest BCUT2D eigenvalue weighted by Crippen LogP contribution is -2.46. The number of carbonyl (C=O) groups excluding carboxylic acids is 1. The van der Waals surface area contributed by atoms with Gasteiger partial charge < -0.3 is 9.64 Å². The second-order valence-electron chi connectivity index (χ2n) is 4.29. The Morgan fingerprint density at radius 2 is 2.31 bits per heavy atom. The zero-order valence-electron chi connectivity index (χ0n) is 8.32. The van der Waals surface area contributed by atoms with Gasteiger partial charge >= 0.3 is 0 Å². The van der Waals surface area contributed by atoms with E-state index in [0.717, 1.165) is 19.4 Å². The van der Waals surface area contributed by atoms with Gasteiger partial charge in [-0.15, -0.1) is 0 Å². The zero-order chi connectivity index (χ0) is 9.42. The zero-order valence-corrected chi connectivity index (χ0v) is 8.32. The van der Waals surface area contributed by atoms with Gasteiger partial charge in [0.15, 0.2) is 0 Å². The first-order valence-electron chi connectivity index (χ1n) is 5.13. The Kier molecular flexibility index (Phi) is 2.28. The third-order valence-corrected chi connectivity index (χ3v) is 3.03. The van der Waals surface area contributed by atoms with Gasteiger partial charge in [-0.1, -0.05) is 13.8 Å². The third-order valence-electron chi connectivity index (χ3n) is 3.03. The van der Waals surface area contributed by atoms with Gasteiger partial charge in [0.1, 0.15) is 6.23 Å². The highest BCUT2D eigenvalue weighted by Gasteiger charge is 2.40. The van der Waals surface area contributed by atoms with E-state index in [9.17, 15) is 4.79 Å². The van der Waals surface area contributed by atoms with Crippen LogP contribution in [0.25, 0.3) is 0 Å². The molecule has 0 aromatic heterocycles. The molecule has 2 heterocycles. The predicted molar refractivity (Wildman–Crippen MR) is 49.1 cm³/mol. The molecule has 0 aliphatic carbocycles. The Labute approximate surface area is 79.0 Å². The molecule has 0 bridgehead atoms. The van der Waals surface area contributed by atoms with Crippen LogP contribution in [0.2, 0.25) is 0 Å². The average molecular weight is 183 g/mol. The van der Waals surface area contributed by atoms with Crippen molar-refractivity contribution in [1.29, 1.82) is 0 Å². The van der Waals surface area contributed by atoms with Crippen molar-refractivity contribution in [2.24, 2.45) is 5.92 Å². The lowest BCUT2D eigenvalue weighted by Gasteiger charge is -2.33. The fourth-order valence-electron chi connectivity index (χ4n) is 2.22. The Bertz CT molecular complexity index is 215. The van der Waals surface area contributed by atoms with Crippen molar-refractivity contribution >= 4 is 5.91 Å². The van der Waals surface area contributed by atoms with E-state index in [1.165, 1.54) is 0 Å². The minimum Gasteiger partial charge on any atom is -0.356 e. The summed E-state index contributed by atoms with van der Waals surface area (Å²) in [4.78, 5) is 13.6. The van der Waals surface area contributed by atoms with E-state index in [0.29, 0.717) is 18.4 Å². The summed E-state index contributed by atoms with van der Waals surface area (Å²) in [6.45, 7) is 5.03. The quantitative estimate of drug-likeness (QED) is 0.614. The second-order valence-corrected chi connectivity index (χ2v) is 4.29. The Balaban J connectivity index is 2.13. The molecular formula is C10H17NO2. The van der Waals surface area contributed by atoms with E-state index in [1.807, 2.05) is 4.90 Å². The van der Waals surface area contributed by atoms with Crippen LogP contribution in [0.1, 0.15) is 33.1 Å². The molecule has 2 fully saturated rings. The Morgan fingerprint density at radius 1 is 1.54 bits per heavy atom. The Morgan fingerprint density at radius 3 is 3.00 bits per heavy atom. The van der Waals surface area contributed by atoms with Crippen molar-refractivity contribution in [2.45, 2.75) is 45.4 Å². The van der Waals surface area contributed by atoms with Gasteiger partial charge in [-0.2, -0.15) is 0 Å². The average Bonchev–Trinajstić information content (AvgIpc) is 2.49. The molecular weight excluding hydrogens is 166 g/mol. The molecule has 3 heteroatoms. The van der Waals surface area contributed by atoms with Gasteiger partial charge in [0.05, 0.1) is 12.6 Å². The number of fused-ring (bicyclic) bond motifs is 1. The summed E-state index contributed by atoms with van der Waals surface area (Å²) >= 11 is 0. The predicted octanol–water partition coefficient (Wildman–Crippen LogP) is 1.38. The van der Waals surface area contributed by atoms with Crippen LogP contribution in [0.4, 0.5) is 0 Å². The van der Waals surface area contributed by atoms with Crippen LogP contribution >= 0.6 is 0 Å². The number of carbonyl (C=O) groups is 1. The molecule has 0 N–H and O–H groups in total. The highest BCUT2D eigenvalue weighted by atomic mass is 16.5. The molecule has 74 valence electrons. The minimum absolute atomic E-state index is 0.0913. The summed E-state index contributed by atoms with van der Waals surface area (Å²) in [6.07, 6.45) is 2.82. The molecule has 2 aliphatic rings. The summed E-state index contributed by atoms with van der Waals surface area (Å²) in [5.41, 5.74) is 0. The summed E-state index contributed by atoms with van der Waals surface area (Å²) in [7, 11) is 0. The number of amides is 1. The maximum atomic E-state index is 11.6. The number of hydrogen-bond donors (Lipinski definition) is 0. The summed E-state index contributed by atoms with van der Waals surface area (Å²) in [5, 5.41) is 0. The number of ether oxygens (including phenoxy) is 1. The lowest BCUT2D eigenvalue weighted by molar-refractivity contribution is -0.142. The molecule has 1 amide bonds. The number of rotatable bonds is 1. The van der Waals surface area contributed by atoms with Crippen LogP contribution in [0, 0.1) is 5.92 Å². The summed E-state index contributed by atoms with van der Waals surface area (Å²) < 4.78 is 5.61. The molecule has 0 radical (unpaired) electrons. The van der Waals surface area contributed by atoms with Gasteiger partial charge in [0, 0.05) is 6.42 Å². The van der Waals surface area contributed by atoms with E-state index in [2.05, 4.69) is 13.8 Å². The highest BCUT2D eigenvalue weighted by Crippen LogP contribution is 2.30. The van der Waals surface area contributed by atoms with Gasteiger partial charge in [-0.25, -0.2) is 0 Å². The van der Waals surface area contributed by atoms with E-state index in [4.69, 9.17) is 4.74 Å². The largest absolute Gasteiger partial charge is 0.356 e. The van der Waals surface area contributed by atoms with E-state index >= 15 is 0 Å². The minimum atomic E-state index is 0.0913. The van der Waals surface area contributed by atoms with E-state index in [-0.39, 0.29) is 12.1 Å². The first-order chi connectivity index (χ1) is 6.20. The maximum Gasteiger partial charge on any atom is 0.224 e. The first kappa shape index (κ1) is 9.00. The van der Waals surface area contributed by atoms with Gasteiger partial charge in [-0.05, 0) is 18.8 Å². The van der Waals surface area contributed by atoms with E-state index < -0.39 is 0 Å². The van der Waals surface area contributed by atoms with Crippen molar-refractivity contribution in [2.75, 3.05) is 6.61 Å². The number of nitrogens with zero attached hydrogens (tertiary/aromatic N) is 1. The SMILES string of the molecule is CC(C)[C@H]1CO[C@@H]2CCCC(=O)N12. The van der Waals surface area contributed by atoms with Crippen LogP contribution in [-0.2, 0) is 9.53 Å². The molecule has 2 saturated heterocycles. The first-order valence-corrected chi connectivity index (χ1v) is 5.13. The Hall–Kier alpha value is -0.570. The van der Waals surface area contributed by atoms with E-state index in [1.54, 1.807) is 0 Å². The van der Waals surface area contributed by atoms with Crippen molar-refractivity contribution in [3.8, 4) is 0 Å². The standard InChI is InChI=1S/C10H17NO2/c1-7(2)8-6-13-10-5-3-4-9(12)11(8)10/h7-8,10H,3-6H2,1-2H3/t8-,10-/m1/s1. The van der Waals surface area contributed by atoms with Crippen molar-refractivity contribution in [3.05, 3.63) is 0 Å².